The minimum atomic E-state index is -1.43. The van der Waals surface area contributed by atoms with Gasteiger partial charge in [0.1, 0.15) is 6.17 Å². The lowest BCUT2D eigenvalue weighted by molar-refractivity contribution is -0.132. The van der Waals surface area contributed by atoms with Crippen molar-refractivity contribution in [3.63, 3.8) is 0 Å². The van der Waals surface area contributed by atoms with E-state index in [1.165, 1.54) is 4.90 Å². The summed E-state index contributed by atoms with van der Waals surface area (Å²) in [7, 11) is 0. The highest BCUT2D eigenvalue weighted by atomic mass is 19.2. The molecule has 2 nitrogen and oxygen atoms in total. The molecule has 0 saturated carbocycles. The number of nitrogens with zero attached hydrogens (tertiary/aromatic N) is 1. The maximum absolute atomic E-state index is 14.3. The minimum absolute atomic E-state index is 0.120. The Morgan fingerprint density at radius 2 is 1.83 bits per heavy atom. The first kappa shape index (κ1) is 11.6. The lowest BCUT2D eigenvalue weighted by Gasteiger charge is -2.39. The van der Waals surface area contributed by atoms with Gasteiger partial charge < -0.3 is 4.90 Å². The predicted molar refractivity (Wildman–Crippen MR) is 58.5 cm³/mol. The standard InChI is InChI=1S/C13H12F3NO/c1-6-7-4-9(14)10(15)5-8(7)13(16)11-2-3-12(18)17(6)11/h4-6,11,13H,2-3H2,1H3/t6-,11+,13-/m0/s1. The maximum Gasteiger partial charge on any atom is 0.223 e. The molecule has 0 aromatic heterocycles. The summed E-state index contributed by atoms with van der Waals surface area (Å²) in [6, 6.07) is 0.988. The molecule has 2 aliphatic heterocycles. The average Bonchev–Trinajstić information content (AvgIpc) is 2.71. The van der Waals surface area contributed by atoms with Crippen LogP contribution in [0.5, 0.6) is 0 Å². The van der Waals surface area contributed by atoms with E-state index in [1.54, 1.807) is 6.92 Å². The molecule has 2 heterocycles. The Hall–Kier alpha value is -1.52. The van der Waals surface area contributed by atoms with E-state index in [1.807, 2.05) is 0 Å². The molecule has 1 aromatic carbocycles. The molecule has 0 spiro atoms. The smallest absolute Gasteiger partial charge is 0.223 e. The Balaban J connectivity index is 2.16. The summed E-state index contributed by atoms with van der Waals surface area (Å²) in [4.78, 5) is 13.2. The van der Waals surface area contributed by atoms with Gasteiger partial charge in [0.15, 0.2) is 11.6 Å². The van der Waals surface area contributed by atoms with Gasteiger partial charge >= 0.3 is 0 Å². The lowest BCUT2D eigenvalue weighted by Crippen LogP contribution is -2.42. The van der Waals surface area contributed by atoms with Crippen molar-refractivity contribution in [2.45, 2.75) is 38.0 Å². The van der Waals surface area contributed by atoms with Gasteiger partial charge in [-0.3, -0.25) is 4.79 Å². The van der Waals surface area contributed by atoms with E-state index in [4.69, 9.17) is 0 Å². The third kappa shape index (κ3) is 1.39. The van der Waals surface area contributed by atoms with Crippen LogP contribution in [-0.2, 0) is 4.79 Å². The Morgan fingerprint density at radius 1 is 1.22 bits per heavy atom. The molecule has 96 valence electrons. The van der Waals surface area contributed by atoms with Crippen molar-refractivity contribution in [1.29, 1.82) is 0 Å². The van der Waals surface area contributed by atoms with Gasteiger partial charge in [-0.2, -0.15) is 0 Å². The van der Waals surface area contributed by atoms with E-state index < -0.39 is 29.9 Å². The van der Waals surface area contributed by atoms with Crippen LogP contribution in [0.1, 0.15) is 43.1 Å². The summed E-state index contributed by atoms with van der Waals surface area (Å²) in [5.74, 6) is -2.16. The molecule has 0 aliphatic carbocycles. The summed E-state index contributed by atoms with van der Waals surface area (Å²) >= 11 is 0. The lowest BCUT2D eigenvalue weighted by atomic mass is 9.88. The second-order valence-electron chi connectivity index (χ2n) is 4.88. The van der Waals surface area contributed by atoms with Crippen LogP contribution in [0.2, 0.25) is 0 Å². The Morgan fingerprint density at radius 3 is 2.50 bits per heavy atom. The number of rotatable bonds is 0. The summed E-state index contributed by atoms with van der Waals surface area (Å²) in [5.41, 5.74) is 0.547. The van der Waals surface area contributed by atoms with Crippen molar-refractivity contribution in [3.05, 3.63) is 34.9 Å². The van der Waals surface area contributed by atoms with E-state index in [9.17, 15) is 18.0 Å². The number of hydrogen-bond donors (Lipinski definition) is 0. The van der Waals surface area contributed by atoms with Gasteiger partial charge in [0.05, 0.1) is 12.1 Å². The van der Waals surface area contributed by atoms with E-state index >= 15 is 0 Å². The predicted octanol–water partition coefficient (Wildman–Crippen LogP) is 3.04. The molecule has 0 unspecified atom stereocenters. The number of carbonyl (C=O) groups is 1. The Labute approximate surface area is 102 Å². The first-order valence-corrected chi connectivity index (χ1v) is 5.94. The van der Waals surface area contributed by atoms with Crippen molar-refractivity contribution in [1.82, 2.24) is 4.90 Å². The van der Waals surface area contributed by atoms with Crippen molar-refractivity contribution in [2.24, 2.45) is 0 Å². The molecule has 1 saturated heterocycles. The van der Waals surface area contributed by atoms with Gasteiger partial charge in [-0.05, 0) is 36.6 Å². The topological polar surface area (TPSA) is 20.3 Å². The number of fused-ring (bicyclic) bond motifs is 2. The largest absolute Gasteiger partial charge is 0.330 e. The monoisotopic (exact) mass is 255 g/mol. The van der Waals surface area contributed by atoms with Crippen LogP contribution in [0.25, 0.3) is 0 Å². The van der Waals surface area contributed by atoms with Gasteiger partial charge in [0.25, 0.3) is 0 Å². The molecule has 1 amide bonds. The molecule has 3 atom stereocenters. The zero-order chi connectivity index (χ0) is 13.0. The zero-order valence-corrected chi connectivity index (χ0v) is 9.79. The number of amides is 1. The van der Waals surface area contributed by atoms with Crippen LogP contribution in [0.4, 0.5) is 13.2 Å². The number of carbonyl (C=O) groups excluding carboxylic acids is 1. The molecule has 0 bridgehead atoms. The fraction of sp³-hybridized carbons (Fsp3) is 0.462. The van der Waals surface area contributed by atoms with Crippen molar-refractivity contribution in [2.75, 3.05) is 0 Å². The molecule has 0 N–H and O–H groups in total. The fourth-order valence-electron chi connectivity index (χ4n) is 3.05. The van der Waals surface area contributed by atoms with E-state index in [0.29, 0.717) is 18.4 Å². The summed E-state index contributed by atoms with van der Waals surface area (Å²) in [5, 5.41) is 0. The van der Waals surface area contributed by atoms with E-state index in [2.05, 4.69) is 0 Å². The number of alkyl halides is 1. The van der Waals surface area contributed by atoms with Crippen LogP contribution in [-0.4, -0.2) is 16.8 Å². The number of hydrogen-bond acceptors (Lipinski definition) is 1. The van der Waals surface area contributed by atoms with Gasteiger partial charge in [-0.25, -0.2) is 13.2 Å². The Kier molecular flexibility index (Phi) is 2.40. The first-order chi connectivity index (χ1) is 8.50. The van der Waals surface area contributed by atoms with Crippen molar-refractivity contribution >= 4 is 5.91 Å². The fourth-order valence-corrected chi connectivity index (χ4v) is 3.05. The highest BCUT2D eigenvalue weighted by Crippen LogP contribution is 2.46. The van der Waals surface area contributed by atoms with Crippen LogP contribution >= 0.6 is 0 Å². The molecular weight excluding hydrogens is 243 g/mol. The maximum atomic E-state index is 14.3. The third-order valence-corrected chi connectivity index (χ3v) is 3.93. The van der Waals surface area contributed by atoms with Gasteiger partial charge in [0, 0.05) is 6.42 Å². The van der Waals surface area contributed by atoms with Gasteiger partial charge in [0.2, 0.25) is 5.91 Å². The Bertz CT molecular complexity index is 531. The molecule has 1 fully saturated rings. The van der Waals surface area contributed by atoms with Crippen LogP contribution in [0.3, 0.4) is 0 Å². The SMILES string of the molecule is C[C@H]1c2cc(F)c(F)cc2[C@H](F)[C@H]2CCC(=O)N21. The van der Waals surface area contributed by atoms with Gasteiger partial charge in [-0.15, -0.1) is 0 Å². The molecule has 0 radical (unpaired) electrons. The first-order valence-electron chi connectivity index (χ1n) is 5.94. The second-order valence-corrected chi connectivity index (χ2v) is 4.88. The molecule has 18 heavy (non-hydrogen) atoms. The van der Waals surface area contributed by atoms with Crippen molar-refractivity contribution in [3.8, 4) is 0 Å². The average molecular weight is 255 g/mol. The van der Waals surface area contributed by atoms with Crippen molar-refractivity contribution < 1.29 is 18.0 Å². The van der Waals surface area contributed by atoms with E-state index in [0.717, 1.165) is 12.1 Å². The summed E-state index contributed by atoms with van der Waals surface area (Å²) in [6.07, 6.45) is -0.699. The zero-order valence-electron chi connectivity index (χ0n) is 9.79. The number of benzene rings is 1. The van der Waals surface area contributed by atoms with Crippen LogP contribution in [0, 0.1) is 11.6 Å². The molecule has 2 aliphatic rings. The summed E-state index contributed by atoms with van der Waals surface area (Å²) < 4.78 is 40.8. The molecule has 1 aromatic rings. The molecular formula is C13H12F3NO. The van der Waals surface area contributed by atoms with E-state index in [-0.39, 0.29) is 11.5 Å². The normalized spacial score (nSPS) is 30.3. The highest BCUT2D eigenvalue weighted by Gasteiger charge is 2.45. The summed E-state index contributed by atoms with van der Waals surface area (Å²) in [6.45, 7) is 1.72. The molecule has 5 heteroatoms. The minimum Gasteiger partial charge on any atom is -0.330 e. The van der Waals surface area contributed by atoms with Crippen LogP contribution < -0.4 is 0 Å². The highest BCUT2D eigenvalue weighted by molar-refractivity contribution is 5.80. The second kappa shape index (κ2) is 3.73. The van der Waals surface area contributed by atoms with Gasteiger partial charge in [-0.1, -0.05) is 0 Å². The van der Waals surface area contributed by atoms with Crippen LogP contribution in [0.15, 0.2) is 12.1 Å². The molecule has 3 rings (SSSR count). The third-order valence-electron chi connectivity index (χ3n) is 3.93. The quantitative estimate of drug-likeness (QED) is 0.697. The number of halogens is 3.